The number of fused-ring (bicyclic) bond motifs is 1. The summed E-state index contributed by atoms with van der Waals surface area (Å²) >= 11 is 6.19. The molecule has 0 saturated heterocycles. The van der Waals surface area contributed by atoms with Crippen molar-refractivity contribution in [3.63, 3.8) is 0 Å². The summed E-state index contributed by atoms with van der Waals surface area (Å²) in [6.45, 7) is 2.22. The molecule has 0 aliphatic heterocycles. The van der Waals surface area contributed by atoms with Gasteiger partial charge in [0.15, 0.2) is 5.69 Å². The molecule has 0 radical (unpaired) electrons. The van der Waals surface area contributed by atoms with Gasteiger partial charge < -0.3 is 4.74 Å². The van der Waals surface area contributed by atoms with E-state index in [0.717, 1.165) is 40.0 Å². The van der Waals surface area contributed by atoms with E-state index >= 15 is 0 Å². The normalized spacial score (nSPS) is 17.3. The Kier molecular flexibility index (Phi) is 4.18. The van der Waals surface area contributed by atoms with E-state index in [1.54, 1.807) is 7.11 Å². The van der Waals surface area contributed by atoms with Gasteiger partial charge in [-0.15, -0.1) is 0 Å². The zero-order valence-corrected chi connectivity index (χ0v) is 17.5. The summed E-state index contributed by atoms with van der Waals surface area (Å²) in [5.41, 5.74) is 5.95. The number of quaternary nitrogens is 1. The number of methoxy groups -OCH3 is 1. The van der Waals surface area contributed by atoms with Gasteiger partial charge in [-0.3, -0.25) is 4.48 Å². The van der Waals surface area contributed by atoms with Crippen LogP contribution >= 0.6 is 11.6 Å². The molecule has 0 unspecified atom stereocenters. The zero-order chi connectivity index (χ0) is 19.5. The van der Waals surface area contributed by atoms with Gasteiger partial charge >= 0.3 is 0 Å². The summed E-state index contributed by atoms with van der Waals surface area (Å²) in [7, 11) is 4.14. The summed E-state index contributed by atoms with van der Waals surface area (Å²) in [6.07, 6.45) is 6.27. The molecule has 0 bridgehead atoms. The van der Waals surface area contributed by atoms with Crippen molar-refractivity contribution in [2.45, 2.75) is 51.1 Å². The summed E-state index contributed by atoms with van der Waals surface area (Å²) in [5.74, 6) is 0.775. The van der Waals surface area contributed by atoms with Gasteiger partial charge in [0.25, 0.3) is 0 Å². The second-order valence-corrected chi connectivity index (χ2v) is 8.75. The largest absolute Gasteiger partial charge is 0.496 e. The molecule has 146 valence electrons. The first kappa shape index (κ1) is 18.0. The van der Waals surface area contributed by atoms with E-state index in [9.17, 15) is 0 Å². The fourth-order valence-corrected chi connectivity index (χ4v) is 5.00. The van der Waals surface area contributed by atoms with Crippen molar-refractivity contribution in [3.05, 3.63) is 47.1 Å². The number of pyridine rings is 1. The van der Waals surface area contributed by atoms with Gasteiger partial charge in [0.1, 0.15) is 17.0 Å². The topological polar surface area (TPSA) is 26.5 Å². The van der Waals surface area contributed by atoms with E-state index in [1.165, 1.54) is 42.6 Å². The molecule has 2 aliphatic rings. The molecule has 0 N–H and O–H groups in total. The van der Waals surface area contributed by atoms with Gasteiger partial charge in [-0.25, -0.2) is 4.52 Å². The number of rotatable bonds is 6. The minimum atomic E-state index is 0.676. The van der Waals surface area contributed by atoms with Crippen LogP contribution in [0.25, 0.3) is 16.8 Å². The zero-order valence-electron chi connectivity index (χ0n) is 16.8. The van der Waals surface area contributed by atoms with Crippen molar-refractivity contribution < 1.29 is 4.74 Å². The van der Waals surface area contributed by atoms with Crippen LogP contribution in [0, 0.1) is 0 Å². The van der Waals surface area contributed by atoms with Crippen LogP contribution < -0.4 is 9.22 Å². The predicted molar refractivity (Wildman–Crippen MR) is 115 cm³/mol. The molecule has 4 nitrogen and oxygen atoms in total. The third kappa shape index (κ3) is 2.66. The van der Waals surface area contributed by atoms with Crippen molar-refractivity contribution in [2.75, 3.05) is 14.2 Å². The molecule has 0 spiro atoms. The van der Waals surface area contributed by atoms with Crippen molar-refractivity contribution in [1.82, 2.24) is 14.1 Å². The molecule has 3 aromatic rings. The van der Waals surface area contributed by atoms with Crippen LogP contribution in [0.4, 0.5) is 5.69 Å². The van der Waals surface area contributed by atoms with E-state index in [4.69, 9.17) is 21.4 Å². The highest BCUT2D eigenvalue weighted by molar-refractivity contribution is 6.30. The molecule has 2 heterocycles. The van der Waals surface area contributed by atoms with Crippen molar-refractivity contribution in [3.8, 4) is 17.0 Å². The molecule has 0 amide bonds. The van der Waals surface area contributed by atoms with E-state index in [1.807, 2.05) is 18.2 Å². The van der Waals surface area contributed by atoms with Crippen LogP contribution in [0.15, 0.2) is 36.4 Å². The van der Waals surface area contributed by atoms with E-state index in [2.05, 4.69) is 36.7 Å². The lowest BCUT2D eigenvalue weighted by Crippen LogP contribution is -2.50. The highest BCUT2D eigenvalue weighted by Gasteiger charge is 2.54. The molecule has 2 aliphatic carbocycles. The monoisotopic (exact) mass is 396 g/mol. The molecular weight excluding hydrogens is 370 g/mol. The van der Waals surface area contributed by atoms with Crippen LogP contribution in [0.2, 0.25) is 5.02 Å². The first-order valence-corrected chi connectivity index (χ1v) is 10.7. The Morgan fingerprint density at radius 2 is 1.86 bits per heavy atom. The Morgan fingerprint density at radius 3 is 2.46 bits per heavy atom. The lowest BCUT2D eigenvalue weighted by atomic mass is 10.1. The molecule has 1 aromatic carbocycles. The average molecular weight is 397 g/mol. The van der Waals surface area contributed by atoms with Crippen LogP contribution in [0.5, 0.6) is 5.75 Å². The van der Waals surface area contributed by atoms with Crippen LogP contribution in [0.3, 0.4) is 0 Å². The fourth-order valence-electron chi connectivity index (χ4n) is 4.83. The maximum Gasteiger partial charge on any atom is 0.182 e. The Morgan fingerprint density at radius 1 is 1.14 bits per heavy atom. The standard InChI is InChI=1S/C23H27ClN3O/c1-4-19-23(27(2,16-9-10-16)17-11-12-17)21-7-5-6-20(26(21)25-19)18-13-8-15(24)14-22(18)28-3/h5-8,13-14,16-17H,4,9-12H2,1-3H3/q+1. The fraction of sp³-hybridized carbons (Fsp3) is 0.435. The first-order valence-electron chi connectivity index (χ1n) is 10.3. The lowest BCUT2D eigenvalue weighted by Gasteiger charge is -2.34. The van der Waals surface area contributed by atoms with Crippen molar-refractivity contribution in [1.29, 1.82) is 0 Å². The first-order chi connectivity index (χ1) is 13.6. The number of aromatic nitrogens is 2. The van der Waals surface area contributed by atoms with E-state index in [-0.39, 0.29) is 0 Å². The van der Waals surface area contributed by atoms with Gasteiger partial charge in [-0.2, -0.15) is 5.10 Å². The van der Waals surface area contributed by atoms with Crippen LogP contribution in [-0.2, 0) is 6.42 Å². The predicted octanol–water partition coefficient (Wildman–Crippen LogP) is 5.49. The highest BCUT2D eigenvalue weighted by Crippen LogP contribution is 2.50. The molecule has 2 saturated carbocycles. The molecule has 2 fully saturated rings. The summed E-state index contributed by atoms with van der Waals surface area (Å²) in [6, 6.07) is 13.8. The number of ether oxygens (including phenoxy) is 1. The van der Waals surface area contributed by atoms with Crippen molar-refractivity contribution in [2.24, 2.45) is 0 Å². The maximum atomic E-state index is 6.19. The van der Waals surface area contributed by atoms with E-state index < -0.39 is 0 Å². The molecule has 0 atom stereocenters. The number of nitrogens with zero attached hydrogens (tertiary/aromatic N) is 3. The Bertz CT molecular complexity index is 1040. The minimum absolute atomic E-state index is 0.676. The molecule has 5 heteroatoms. The molecule has 5 rings (SSSR count). The number of hydrogen-bond acceptors (Lipinski definition) is 2. The summed E-state index contributed by atoms with van der Waals surface area (Å²) < 4.78 is 8.82. The number of benzene rings is 1. The third-order valence-corrected chi connectivity index (χ3v) is 6.80. The quantitative estimate of drug-likeness (QED) is 0.515. The second kappa shape index (κ2) is 6.50. The summed E-state index contributed by atoms with van der Waals surface area (Å²) in [5, 5.41) is 5.78. The second-order valence-electron chi connectivity index (χ2n) is 8.31. The van der Waals surface area contributed by atoms with Crippen molar-refractivity contribution >= 4 is 22.8 Å². The van der Waals surface area contributed by atoms with Gasteiger partial charge in [-0.05, 0) is 36.8 Å². The van der Waals surface area contributed by atoms with Gasteiger partial charge in [0, 0.05) is 36.3 Å². The Hall–Kier alpha value is -2.04. The SMILES string of the molecule is CCc1nn2c(-c3ccc(Cl)cc3OC)cccc2c1[N+](C)(C1CC1)C1CC1. The number of halogens is 1. The number of aryl methyl sites for hydroxylation is 1. The Labute approximate surface area is 171 Å². The van der Waals surface area contributed by atoms with Crippen LogP contribution in [-0.4, -0.2) is 35.9 Å². The average Bonchev–Trinajstić information content (AvgIpc) is 3.61. The van der Waals surface area contributed by atoms with Gasteiger partial charge in [0.2, 0.25) is 0 Å². The Balaban J connectivity index is 1.76. The highest BCUT2D eigenvalue weighted by atomic mass is 35.5. The summed E-state index contributed by atoms with van der Waals surface area (Å²) in [4.78, 5) is 0. The molecule has 2 aromatic heterocycles. The molecular formula is C23H27ClN3O+. The smallest absolute Gasteiger partial charge is 0.182 e. The maximum absolute atomic E-state index is 6.19. The third-order valence-electron chi connectivity index (χ3n) is 6.57. The van der Waals surface area contributed by atoms with Gasteiger partial charge in [-0.1, -0.05) is 24.6 Å². The van der Waals surface area contributed by atoms with Gasteiger partial charge in [0.05, 0.1) is 31.9 Å². The van der Waals surface area contributed by atoms with E-state index in [0.29, 0.717) is 5.02 Å². The van der Waals surface area contributed by atoms with Crippen LogP contribution in [0.1, 0.15) is 38.3 Å². The minimum Gasteiger partial charge on any atom is -0.496 e. The number of hydrogen-bond donors (Lipinski definition) is 0. The molecule has 28 heavy (non-hydrogen) atoms. The lowest BCUT2D eigenvalue weighted by molar-refractivity contribution is 0.309.